The summed E-state index contributed by atoms with van der Waals surface area (Å²) in [6, 6.07) is 3.40. The summed E-state index contributed by atoms with van der Waals surface area (Å²) < 4.78 is 10.4. The Hall–Kier alpha value is -1.91. The lowest BCUT2D eigenvalue weighted by atomic mass is 10.0. The number of carbonyl (C=O) groups excluding carboxylic acids is 1. The van der Waals surface area contributed by atoms with E-state index in [0.29, 0.717) is 28.7 Å². The molecular weight excluding hydrogens is 268 g/mol. The zero-order valence-electron chi connectivity index (χ0n) is 13.8. The van der Waals surface area contributed by atoms with Crippen LogP contribution < -0.4 is 15.2 Å². The van der Waals surface area contributed by atoms with Crippen LogP contribution in [0.4, 0.5) is 5.69 Å². The lowest BCUT2D eigenvalue weighted by molar-refractivity contribution is 0.0729. The summed E-state index contributed by atoms with van der Waals surface area (Å²) in [5.74, 6) is 1.43. The van der Waals surface area contributed by atoms with Crippen LogP contribution in [0.5, 0.6) is 11.5 Å². The van der Waals surface area contributed by atoms with E-state index < -0.39 is 0 Å². The lowest BCUT2D eigenvalue weighted by Crippen LogP contribution is -2.36. The van der Waals surface area contributed by atoms with Crippen molar-refractivity contribution in [3.8, 4) is 11.5 Å². The van der Waals surface area contributed by atoms with Crippen molar-refractivity contribution in [3.05, 3.63) is 17.7 Å². The highest BCUT2D eigenvalue weighted by Crippen LogP contribution is 2.32. The Kier molecular flexibility index (Phi) is 5.88. The average molecular weight is 294 g/mol. The van der Waals surface area contributed by atoms with Crippen molar-refractivity contribution >= 4 is 11.6 Å². The standard InChI is InChI=1S/C16H26N2O3/c1-10(2)7-11(3)18(4)16(19)12-8-14(20-5)15(21-6)9-13(12)17/h8-11H,7,17H2,1-6H3. The van der Waals surface area contributed by atoms with Gasteiger partial charge in [-0.25, -0.2) is 0 Å². The van der Waals surface area contributed by atoms with Gasteiger partial charge in [-0.05, 0) is 25.3 Å². The molecule has 0 aliphatic rings. The third-order valence-electron chi connectivity index (χ3n) is 3.58. The van der Waals surface area contributed by atoms with Crippen LogP contribution in [0.25, 0.3) is 0 Å². The predicted octanol–water partition coefficient (Wildman–Crippen LogP) is 2.79. The number of rotatable bonds is 6. The maximum absolute atomic E-state index is 12.6. The van der Waals surface area contributed by atoms with E-state index in [4.69, 9.17) is 15.2 Å². The number of amides is 1. The Balaban J connectivity index is 3.06. The number of methoxy groups -OCH3 is 2. The molecule has 118 valence electrons. The van der Waals surface area contributed by atoms with Crippen molar-refractivity contribution < 1.29 is 14.3 Å². The van der Waals surface area contributed by atoms with Crippen molar-refractivity contribution in [1.82, 2.24) is 4.90 Å². The number of hydrogen-bond donors (Lipinski definition) is 1. The zero-order valence-corrected chi connectivity index (χ0v) is 13.8. The maximum atomic E-state index is 12.6. The second-order valence-corrected chi connectivity index (χ2v) is 5.69. The van der Waals surface area contributed by atoms with Crippen LogP contribution in [0.1, 0.15) is 37.6 Å². The molecule has 0 saturated carbocycles. The van der Waals surface area contributed by atoms with Crippen molar-refractivity contribution in [2.75, 3.05) is 27.0 Å². The first-order chi connectivity index (χ1) is 9.81. The lowest BCUT2D eigenvalue weighted by Gasteiger charge is -2.27. The fourth-order valence-corrected chi connectivity index (χ4v) is 2.31. The van der Waals surface area contributed by atoms with E-state index in [1.807, 2.05) is 6.92 Å². The first kappa shape index (κ1) is 17.1. The van der Waals surface area contributed by atoms with E-state index in [1.54, 1.807) is 24.1 Å². The van der Waals surface area contributed by atoms with Gasteiger partial charge in [0.25, 0.3) is 5.91 Å². The topological polar surface area (TPSA) is 64.8 Å². The van der Waals surface area contributed by atoms with Gasteiger partial charge in [-0.3, -0.25) is 4.79 Å². The fourth-order valence-electron chi connectivity index (χ4n) is 2.31. The molecule has 0 radical (unpaired) electrons. The second kappa shape index (κ2) is 7.20. The molecule has 5 nitrogen and oxygen atoms in total. The molecule has 1 aromatic carbocycles. The summed E-state index contributed by atoms with van der Waals surface area (Å²) in [6.45, 7) is 6.31. The van der Waals surface area contributed by atoms with Crippen LogP contribution in [0.3, 0.4) is 0 Å². The van der Waals surface area contributed by atoms with E-state index >= 15 is 0 Å². The molecule has 0 aliphatic heterocycles. The van der Waals surface area contributed by atoms with E-state index in [2.05, 4.69) is 13.8 Å². The molecule has 0 aliphatic carbocycles. The minimum atomic E-state index is -0.110. The van der Waals surface area contributed by atoms with Gasteiger partial charge in [-0.15, -0.1) is 0 Å². The molecule has 21 heavy (non-hydrogen) atoms. The van der Waals surface area contributed by atoms with E-state index in [1.165, 1.54) is 14.2 Å². The molecule has 0 saturated heterocycles. The molecule has 0 bridgehead atoms. The number of anilines is 1. The Morgan fingerprint density at radius 1 is 1.19 bits per heavy atom. The monoisotopic (exact) mass is 294 g/mol. The van der Waals surface area contributed by atoms with Gasteiger partial charge in [0.2, 0.25) is 0 Å². The highest BCUT2D eigenvalue weighted by atomic mass is 16.5. The quantitative estimate of drug-likeness (QED) is 0.819. The van der Waals surface area contributed by atoms with Crippen LogP contribution in [0.15, 0.2) is 12.1 Å². The van der Waals surface area contributed by atoms with Crippen LogP contribution in [-0.2, 0) is 0 Å². The van der Waals surface area contributed by atoms with E-state index in [0.717, 1.165) is 6.42 Å². The number of ether oxygens (including phenoxy) is 2. The third-order valence-corrected chi connectivity index (χ3v) is 3.58. The molecule has 1 rings (SSSR count). The summed E-state index contributed by atoms with van der Waals surface area (Å²) in [4.78, 5) is 14.3. The minimum Gasteiger partial charge on any atom is -0.493 e. The number of nitrogens with two attached hydrogens (primary N) is 1. The molecule has 1 aromatic rings. The summed E-state index contributed by atoms with van der Waals surface area (Å²) in [5.41, 5.74) is 6.80. The molecule has 1 unspecified atom stereocenters. The van der Waals surface area contributed by atoms with Gasteiger partial charge < -0.3 is 20.1 Å². The van der Waals surface area contributed by atoms with E-state index in [-0.39, 0.29) is 11.9 Å². The summed E-state index contributed by atoms with van der Waals surface area (Å²) in [6.07, 6.45) is 0.940. The Bertz CT molecular complexity index is 501. The third kappa shape index (κ3) is 4.03. The molecule has 5 heteroatoms. The molecule has 0 spiro atoms. The van der Waals surface area contributed by atoms with Crippen molar-refractivity contribution in [2.24, 2.45) is 5.92 Å². The van der Waals surface area contributed by atoms with Gasteiger partial charge in [-0.1, -0.05) is 13.8 Å². The molecule has 0 heterocycles. The van der Waals surface area contributed by atoms with Gasteiger partial charge in [0, 0.05) is 24.8 Å². The normalized spacial score (nSPS) is 12.1. The van der Waals surface area contributed by atoms with E-state index in [9.17, 15) is 4.79 Å². The molecule has 1 atom stereocenters. The molecule has 1 amide bonds. The van der Waals surface area contributed by atoms with Crippen LogP contribution in [0, 0.1) is 5.92 Å². The molecule has 0 fully saturated rings. The van der Waals surface area contributed by atoms with Gasteiger partial charge in [0.05, 0.1) is 19.8 Å². The van der Waals surface area contributed by atoms with Gasteiger partial charge in [0.1, 0.15) is 0 Å². The zero-order chi connectivity index (χ0) is 16.2. The van der Waals surface area contributed by atoms with Crippen molar-refractivity contribution in [1.29, 1.82) is 0 Å². The average Bonchev–Trinajstić information content (AvgIpc) is 2.44. The summed E-state index contributed by atoms with van der Waals surface area (Å²) in [7, 11) is 4.87. The van der Waals surface area contributed by atoms with Gasteiger partial charge in [-0.2, -0.15) is 0 Å². The molecule has 0 aromatic heterocycles. The van der Waals surface area contributed by atoms with Gasteiger partial charge in [0.15, 0.2) is 11.5 Å². The SMILES string of the molecule is COc1cc(N)c(C(=O)N(C)C(C)CC(C)C)cc1OC. The van der Waals surface area contributed by atoms with Crippen molar-refractivity contribution in [2.45, 2.75) is 33.2 Å². The van der Waals surface area contributed by atoms with Crippen LogP contribution in [0.2, 0.25) is 0 Å². The number of carbonyl (C=O) groups is 1. The van der Waals surface area contributed by atoms with Crippen LogP contribution in [-0.4, -0.2) is 38.1 Å². The summed E-state index contributed by atoms with van der Waals surface area (Å²) >= 11 is 0. The Morgan fingerprint density at radius 2 is 1.71 bits per heavy atom. The first-order valence-electron chi connectivity index (χ1n) is 7.10. The van der Waals surface area contributed by atoms with Crippen LogP contribution >= 0.6 is 0 Å². The summed E-state index contributed by atoms with van der Waals surface area (Å²) in [5, 5.41) is 0. The second-order valence-electron chi connectivity index (χ2n) is 5.69. The highest BCUT2D eigenvalue weighted by Gasteiger charge is 2.22. The minimum absolute atomic E-state index is 0.110. The smallest absolute Gasteiger partial charge is 0.256 e. The maximum Gasteiger partial charge on any atom is 0.256 e. The predicted molar refractivity (Wildman–Crippen MR) is 85.0 cm³/mol. The number of benzene rings is 1. The number of hydrogen-bond acceptors (Lipinski definition) is 4. The molecule has 2 N–H and O–H groups in total. The van der Waals surface area contributed by atoms with Crippen molar-refractivity contribution in [3.63, 3.8) is 0 Å². The molecular formula is C16H26N2O3. The number of nitrogen functional groups attached to an aromatic ring is 1. The fraction of sp³-hybridized carbons (Fsp3) is 0.562. The largest absolute Gasteiger partial charge is 0.493 e. The highest BCUT2D eigenvalue weighted by molar-refractivity contribution is 6.00. The Morgan fingerprint density at radius 3 is 2.19 bits per heavy atom. The first-order valence-corrected chi connectivity index (χ1v) is 7.10. The van der Waals surface area contributed by atoms with Gasteiger partial charge >= 0.3 is 0 Å². The number of nitrogens with zero attached hydrogens (tertiary/aromatic N) is 1. The Labute approximate surface area is 127 Å².